The van der Waals surface area contributed by atoms with E-state index in [-0.39, 0.29) is 40.2 Å². The van der Waals surface area contributed by atoms with E-state index >= 15 is 0 Å². The summed E-state index contributed by atoms with van der Waals surface area (Å²) in [6.07, 6.45) is 18.7. The maximum Gasteiger partial charge on any atom is 0.343 e. The van der Waals surface area contributed by atoms with Crippen LogP contribution in [0.4, 0.5) is 0 Å². The van der Waals surface area contributed by atoms with E-state index in [2.05, 4.69) is 13.8 Å². The molecule has 6 aromatic carbocycles. The van der Waals surface area contributed by atoms with Crippen LogP contribution in [0.5, 0.6) is 34.5 Å². The molecule has 1 atom stereocenters. The van der Waals surface area contributed by atoms with Crippen molar-refractivity contribution in [2.75, 3.05) is 6.61 Å². The minimum atomic E-state index is -0.685. The molecule has 0 aromatic heterocycles. The van der Waals surface area contributed by atoms with Gasteiger partial charge in [0.15, 0.2) is 0 Å². The summed E-state index contributed by atoms with van der Waals surface area (Å²) in [6, 6.07) is 40.1. The van der Waals surface area contributed by atoms with Gasteiger partial charge in [-0.2, -0.15) is 0 Å². The lowest BCUT2D eigenvalue weighted by molar-refractivity contribution is 0.0713. The quantitative estimate of drug-likeness (QED) is 0.0267. The number of carbonyl (C=O) groups excluding carboxylic acids is 4. The van der Waals surface area contributed by atoms with Crippen molar-refractivity contribution in [2.45, 2.75) is 123 Å². The van der Waals surface area contributed by atoms with Gasteiger partial charge in [-0.3, -0.25) is 0 Å². The Hall–Kier alpha value is -7.20. The van der Waals surface area contributed by atoms with Gasteiger partial charge in [-0.25, -0.2) is 19.2 Å². The topological polar surface area (TPSA) is 124 Å². The molecule has 0 saturated heterocycles. The molecule has 10 nitrogen and oxygen atoms in total. The number of hydrogen-bond acceptors (Lipinski definition) is 10. The number of unbranched alkanes of at least 4 members (excludes halogenated alkanes) is 12. The summed E-state index contributed by atoms with van der Waals surface area (Å²) in [6.45, 7) is 7.20. The molecule has 0 aliphatic carbocycles. The van der Waals surface area contributed by atoms with E-state index in [1.807, 2.05) is 43.3 Å². The largest absolute Gasteiger partial charge is 0.494 e. The molecule has 0 bridgehead atoms. The third-order valence-electron chi connectivity index (χ3n) is 11.8. The first-order valence-electron chi connectivity index (χ1n) is 25.0. The standard InChI is InChI=1S/C60H66O10/c1-4-6-8-10-11-12-13-14-15-17-42-65-51-32-26-46(27-33-51)45-22-24-47(25-23-45)57(61)67-53-36-30-49(31-37-53)59(63)70-56-21-18-20-50(43-56)60(64)69-55-40-38-54(39-41-55)68-58(62)48-28-34-52(35-29-48)66-44(3)19-16-9-7-5-2/h18,20-41,43-44H,4-17,19,42H2,1-3H3/t44-/m1/s1. The number of ether oxygens (including phenoxy) is 6. The van der Waals surface area contributed by atoms with Crippen LogP contribution < -0.4 is 28.4 Å². The van der Waals surface area contributed by atoms with Gasteiger partial charge in [0.25, 0.3) is 0 Å². The number of carbonyl (C=O) groups is 4. The number of benzene rings is 6. The van der Waals surface area contributed by atoms with Crippen molar-refractivity contribution in [1.29, 1.82) is 0 Å². The van der Waals surface area contributed by atoms with Crippen molar-refractivity contribution in [2.24, 2.45) is 0 Å². The van der Waals surface area contributed by atoms with Crippen molar-refractivity contribution in [3.63, 3.8) is 0 Å². The van der Waals surface area contributed by atoms with E-state index in [0.29, 0.717) is 23.5 Å². The Bertz CT molecular complexity index is 2530. The Balaban J connectivity index is 0.899. The van der Waals surface area contributed by atoms with Gasteiger partial charge < -0.3 is 28.4 Å². The summed E-state index contributed by atoms with van der Waals surface area (Å²) >= 11 is 0. The normalized spacial score (nSPS) is 11.3. The predicted molar refractivity (Wildman–Crippen MR) is 274 cm³/mol. The molecule has 366 valence electrons. The fourth-order valence-electron chi connectivity index (χ4n) is 7.73. The van der Waals surface area contributed by atoms with E-state index in [1.54, 1.807) is 48.5 Å². The van der Waals surface area contributed by atoms with Gasteiger partial charge in [0.1, 0.15) is 34.5 Å². The van der Waals surface area contributed by atoms with Gasteiger partial charge in [-0.1, -0.05) is 121 Å². The van der Waals surface area contributed by atoms with Crippen LogP contribution in [0, 0.1) is 0 Å². The average Bonchev–Trinajstić information content (AvgIpc) is 3.38. The maximum absolute atomic E-state index is 13.0. The van der Waals surface area contributed by atoms with Crippen LogP contribution in [-0.4, -0.2) is 36.6 Å². The molecule has 6 rings (SSSR count). The zero-order valence-corrected chi connectivity index (χ0v) is 40.8. The molecule has 0 saturated carbocycles. The lowest BCUT2D eigenvalue weighted by atomic mass is 10.0. The molecule has 0 spiro atoms. The first-order chi connectivity index (χ1) is 34.2. The molecule has 0 radical (unpaired) electrons. The van der Waals surface area contributed by atoms with Gasteiger partial charge in [-0.05, 0) is 153 Å². The van der Waals surface area contributed by atoms with Crippen LogP contribution in [0.15, 0.2) is 146 Å². The van der Waals surface area contributed by atoms with Crippen molar-refractivity contribution in [3.8, 4) is 45.6 Å². The second kappa shape index (κ2) is 28.3. The summed E-state index contributed by atoms with van der Waals surface area (Å²) in [5, 5.41) is 0. The average molecular weight is 947 g/mol. The van der Waals surface area contributed by atoms with E-state index in [1.165, 1.54) is 138 Å². The highest BCUT2D eigenvalue weighted by molar-refractivity contribution is 5.94. The molecule has 0 fully saturated rings. The lowest BCUT2D eigenvalue weighted by Crippen LogP contribution is -2.12. The molecule has 0 heterocycles. The minimum absolute atomic E-state index is 0.0818. The summed E-state index contributed by atoms with van der Waals surface area (Å²) in [5.41, 5.74) is 3.06. The van der Waals surface area contributed by atoms with Crippen LogP contribution in [-0.2, 0) is 0 Å². The molecule has 0 aliphatic rings. The molecule has 6 aromatic rings. The summed E-state index contributed by atoms with van der Waals surface area (Å²) in [5.74, 6) is -0.0306. The highest BCUT2D eigenvalue weighted by atomic mass is 16.6. The second-order valence-corrected chi connectivity index (χ2v) is 17.5. The third-order valence-corrected chi connectivity index (χ3v) is 11.8. The molecule has 0 unspecified atom stereocenters. The Morgan fingerprint density at radius 3 is 1.24 bits per heavy atom. The van der Waals surface area contributed by atoms with Gasteiger partial charge in [0.05, 0.1) is 35.0 Å². The molecular formula is C60H66O10. The van der Waals surface area contributed by atoms with Crippen LogP contribution in [0.2, 0.25) is 0 Å². The number of rotatable bonds is 28. The van der Waals surface area contributed by atoms with Crippen LogP contribution in [0.3, 0.4) is 0 Å². The van der Waals surface area contributed by atoms with Crippen molar-refractivity contribution in [1.82, 2.24) is 0 Å². The Labute approximate surface area is 413 Å². The highest BCUT2D eigenvalue weighted by Crippen LogP contribution is 2.26. The fourth-order valence-corrected chi connectivity index (χ4v) is 7.73. The highest BCUT2D eigenvalue weighted by Gasteiger charge is 2.16. The molecule has 0 amide bonds. The molecule has 70 heavy (non-hydrogen) atoms. The number of hydrogen-bond donors (Lipinski definition) is 0. The first kappa shape index (κ1) is 52.2. The van der Waals surface area contributed by atoms with Crippen molar-refractivity contribution < 1.29 is 47.6 Å². The first-order valence-corrected chi connectivity index (χ1v) is 25.0. The zero-order chi connectivity index (χ0) is 49.3. The summed E-state index contributed by atoms with van der Waals surface area (Å²) < 4.78 is 34.1. The SMILES string of the molecule is CCCCCCCCCCCCOc1ccc(-c2ccc(C(=O)Oc3ccc(C(=O)Oc4cccc(C(=O)Oc5ccc(OC(=O)c6ccc(O[C@H](C)CCCCCC)cc6)cc5)c4)cc3)cc2)cc1. The number of esters is 4. The molecule has 0 N–H and O–H groups in total. The summed E-state index contributed by atoms with van der Waals surface area (Å²) in [4.78, 5) is 51.9. The van der Waals surface area contributed by atoms with Crippen molar-refractivity contribution >= 4 is 23.9 Å². The van der Waals surface area contributed by atoms with Gasteiger partial charge in [0, 0.05) is 0 Å². The fraction of sp³-hybridized carbons (Fsp3) is 0.333. The smallest absolute Gasteiger partial charge is 0.343 e. The predicted octanol–water partition coefficient (Wildman–Crippen LogP) is 15.3. The minimum Gasteiger partial charge on any atom is -0.494 e. The Morgan fingerprint density at radius 2 is 0.743 bits per heavy atom. The van der Waals surface area contributed by atoms with E-state index in [4.69, 9.17) is 28.4 Å². The van der Waals surface area contributed by atoms with E-state index < -0.39 is 23.9 Å². The molecule has 0 aliphatic heterocycles. The van der Waals surface area contributed by atoms with Gasteiger partial charge in [0.2, 0.25) is 0 Å². The van der Waals surface area contributed by atoms with Crippen molar-refractivity contribution in [3.05, 3.63) is 168 Å². The van der Waals surface area contributed by atoms with Crippen LogP contribution in [0.25, 0.3) is 11.1 Å². The van der Waals surface area contributed by atoms with Gasteiger partial charge >= 0.3 is 23.9 Å². The summed E-state index contributed by atoms with van der Waals surface area (Å²) in [7, 11) is 0. The van der Waals surface area contributed by atoms with Gasteiger partial charge in [-0.15, -0.1) is 0 Å². The zero-order valence-electron chi connectivity index (χ0n) is 40.8. The second-order valence-electron chi connectivity index (χ2n) is 17.5. The van der Waals surface area contributed by atoms with E-state index in [9.17, 15) is 19.2 Å². The maximum atomic E-state index is 13.0. The third kappa shape index (κ3) is 17.4. The molecular weight excluding hydrogens is 881 g/mol. The van der Waals surface area contributed by atoms with Crippen LogP contribution in [0.1, 0.15) is 159 Å². The molecule has 10 heteroatoms. The van der Waals surface area contributed by atoms with Crippen LogP contribution >= 0.6 is 0 Å². The monoisotopic (exact) mass is 946 g/mol. The lowest BCUT2D eigenvalue weighted by Gasteiger charge is -2.14. The Morgan fingerprint density at radius 1 is 0.371 bits per heavy atom. The van der Waals surface area contributed by atoms with E-state index in [0.717, 1.165) is 36.1 Å². The Kier molecular flexibility index (Phi) is 21.1.